The highest BCUT2D eigenvalue weighted by Crippen LogP contribution is 2.20. The molecule has 118 valence electrons. The van der Waals surface area contributed by atoms with Crippen molar-refractivity contribution in [2.75, 3.05) is 0 Å². The number of nitrogens with zero attached hydrogens (tertiary/aromatic N) is 2. The molecule has 3 aromatic rings. The summed E-state index contributed by atoms with van der Waals surface area (Å²) < 4.78 is 16.3. The lowest BCUT2D eigenvalue weighted by Gasteiger charge is -2.00. The van der Waals surface area contributed by atoms with E-state index in [9.17, 15) is 9.18 Å². The van der Waals surface area contributed by atoms with Crippen LogP contribution in [0.1, 0.15) is 5.56 Å². The number of carbonyl (C=O) groups is 1. The molecule has 0 aliphatic carbocycles. The zero-order valence-electron chi connectivity index (χ0n) is 12.6. The van der Waals surface area contributed by atoms with Crippen LogP contribution in [0.15, 0.2) is 59.6 Å². The Morgan fingerprint density at radius 3 is 2.79 bits per heavy atom. The molecule has 3 nitrogen and oxygen atoms in total. The number of carbonyl (C=O) groups excluding carboxylic acids is 1. The number of halogens is 1. The summed E-state index contributed by atoms with van der Waals surface area (Å²) in [6.45, 7) is 0.148. The second kappa shape index (κ2) is 7.07. The molecule has 0 saturated heterocycles. The van der Waals surface area contributed by atoms with E-state index in [0.29, 0.717) is 15.0 Å². The van der Waals surface area contributed by atoms with Gasteiger partial charge in [0.05, 0.1) is 16.8 Å². The number of para-hydroxylation sites is 1. The average Bonchev–Trinajstić information content (AvgIpc) is 2.93. The zero-order valence-corrected chi connectivity index (χ0v) is 13.5. The van der Waals surface area contributed by atoms with Crippen molar-refractivity contribution in [3.63, 3.8) is 0 Å². The maximum atomic E-state index is 14.1. The van der Waals surface area contributed by atoms with E-state index in [-0.39, 0.29) is 12.4 Å². The molecule has 0 spiro atoms. The van der Waals surface area contributed by atoms with Crippen LogP contribution in [0.3, 0.4) is 0 Å². The van der Waals surface area contributed by atoms with Gasteiger partial charge in [0, 0.05) is 6.08 Å². The van der Waals surface area contributed by atoms with Crippen molar-refractivity contribution in [3.05, 3.63) is 70.8 Å². The molecule has 0 unspecified atom stereocenters. The lowest BCUT2D eigenvalue weighted by Crippen LogP contribution is -2.16. The second-order valence-corrected chi connectivity index (χ2v) is 5.96. The Hall–Kier alpha value is -2.97. The monoisotopic (exact) mass is 336 g/mol. The fraction of sp³-hybridized carbons (Fsp3) is 0.0526. The van der Waals surface area contributed by atoms with Crippen molar-refractivity contribution >= 4 is 33.5 Å². The number of fused-ring (bicyclic) bond motifs is 1. The molecule has 0 saturated carbocycles. The molecule has 0 atom stereocenters. The van der Waals surface area contributed by atoms with Gasteiger partial charge in [-0.05, 0) is 23.8 Å². The third-order valence-electron chi connectivity index (χ3n) is 3.33. The van der Waals surface area contributed by atoms with Crippen LogP contribution in [-0.4, -0.2) is 10.5 Å². The summed E-state index contributed by atoms with van der Waals surface area (Å²) in [5.41, 5.74) is 1.28. The summed E-state index contributed by atoms with van der Waals surface area (Å²) in [4.78, 5) is 16.5. The summed E-state index contributed by atoms with van der Waals surface area (Å²) in [5, 5.41) is 0. The van der Waals surface area contributed by atoms with Crippen molar-refractivity contribution in [1.82, 2.24) is 4.57 Å². The lowest BCUT2D eigenvalue weighted by molar-refractivity contribution is -0.113. The van der Waals surface area contributed by atoms with Gasteiger partial charge in [0.15, 0.2) is 4.80 Å². The van der Waals surface area contributed by atoms with Crippen LogP contribution in [0.5, 0.6) is 0 Å². The summed E-state index contributed by atoms with van der Waals surface area (Å²) in [5.74, 6) is 1.67. The number of terminal acetylenes is 1. The molecule has 0 bridgehead atoms. The molecule has 0 fully saturated rings. The third kappa shape index (κ3) is 3.34. The molecular weight excluding hydrogens is 323 g/mol. The number of thiazole rings is 1. The number of hydrogen-bond acceptors (Lipinski definition) is 2. The van der Waals surface area contributed by atoms with Gasteiger partial charge in [-0.3, -0.25) is 4.79 Å². The highest BCUT2D eigenvalue weighted by atomic mass is 32.1. The molecule has 1 aromatic heterocycles. The summed E-state index contributed by atoms with van der Waals surface area (Å²) >= 11 is 1.23. The van der Waals surface area contributed by atoms with Crippen molar-refractivity contribution < 1.29 is 9.18 Å². The first-order valence-corrected chi connectivity index (χ1v) is 8.04. The molecular formula is C19H13FN2OS. The van der Waals surface area contributed by atoms with E-state index in [1.54, 1.807) is 22.8 Å². The standard InChI is InChI=1S/C19H13FN2OS/c1-2-13-22-18-15(20)9-6-10-16(18)24-19(22)21-17(23)12-11-14-7-4-3-5-8-14/h1,3-12H,13H2. The van der Waals surface area contributed by atoms with E-state index in [0.717, 1.165) is 5.56 Å². The Labute approximate surface area is 142 Å². The van der Waals surface area contributed by atoms with Crippen LogP contribution in [0.2, 0.25) is 0 Å². The van der Waals surface area contributed by atoms with E-state index in [1.807, 2.05) is 30.3 Å². The predicted octanol–water partition coefficient (Wildman–Crippen LogP) is 3.62. The Morgan fingerprint density at radius 1 is 1.25 bits per heavy atom. The maximum Gasteiger partial charge on any atom is 0.272 e. The van der Waals surface area contributed by atoms with E-state index in [2.05, 4.69) is 10.9 Å². The van der Waals surface area contributed by atoms with Crippen molar-refractivity contribution in [2.45, 2.75) is 6.54 Å². The van der Waals surface area contributed by atoms with Gasteiger partial charge in [0.25, 0.3) is 5.91 Å². The molecule has 0 aliphatic rings. The second-order valence-electron chi connectivity index (χ2n) is 4.96. The third-order valence-corrected chi connectivity index (χ3v) is 4.37. The Morgan fingerprint density at radius 2 is 2.04 bits per heavy atom. The molecule has 3 rings (SSSR count). The van der Waals surface area contributed by atoms with Gasteiger partial charge in [-0.25, -0.2) is 4.39 Å². The smallest absolute Gasteiger partial charge is 0.272 e. The van der Waals surface area contributed by atoms with Crippen molar-refractivity contribution in [2.24, 2.45) is 4.99 Å². The first-order valence-electron chi connectivity index (χ1n) is 7.22. The van der Waals surface area contributed by atoms with Gasteiger partial charge in [-0.15, -0.1) is 6.42 Å². The van der Waals surface area contributed by atoms with E-state index < -0.39 is 5.91 Å². The Balaban J connectivity index is 2.02. The molecule has 1 amide bonds. The lowest BCUT2D eigenvalue weighted by atomic mass is 10.2. The minimum atomic E-state index is -0.420. The van der Waals surface area contributed by atoms with Gasteiger partial charge in [0.1, 0.15) is 5.82 Å². The SMILES string of the molecule is C#CCn1c(=NC(=O)C=Cc2ccccc2)sc2cccc(F)c21. The molecule has 0 aliphatic heterocycles. The molecule has 0 N–H and O–H groups in total. The molecule has 0 radical (unpaired) electrons. The fourth-order valence-corrected chi connectivity index (χ4v) is 3.32. The largest absolute Gasteiger partial charge is 0.302 e. The van der Waals surface area contributed by atoms with Crippen LogP contribution in [0, 0.1) is 18.2 Å². The van der Waals surface area contributed by atoms with Crippen LogP contribution < -0.4 is 4.80 Å². The number of hydrogen-bond donors (Lipinski definition) is 0. The van der Waals surface area contributed by atoms with Crippen LogP contribution in [0.25, 0.3) is 16.3 Å². The summed E-state index contributed by atoms with van der Waals surface area (Å²) in [6, 6.07) is 14.2. The van der Waals surface area contributed by atoms with Gasteiger partial charge in [-0.1, -0.05) is 53.7 Å². The highest BCUT2D eigenvalue weighted by Gasteiger charge is 2.10. The first kappa shape index (κ1) is 15.9. The summed E-state index contributed by atoms with van der Waals surface area (Å²) in [6.07, 6.45) is 8.44. The topological polar surface area (TPSA) is 34.4 Å². The molecule has 5 heteroatoms. The van der Waals surface area contributed by atoms with E-state index in [1.165, 1.54) is 23.5 Å². The Bertz CT molecular complexity index is 1020. The van der Waals surface area contributed by atoms with E-state index in [4.69, 9.17) is 6.42 Å². The quantitative estimate of drug-likeness (QED) is 0.531. The normalized spacial score (nSPS) is 11.9. The highest BCUT2D eigenvalue weighted by molar-refractivity contribution is 7.16. The zero-order chi connectivity index (χ0) is 16.9. The van der Waals surface area contributed by atoms with Gasteiger partial charge in [-0.2, -0.15) is 4.99 Å². The van der Waals surface area contributed by atoms with Crippen LogP contribution >= 0.6 is 11.3 Å². The van der Waals surface area contributed by atoms with Gasteiger partial charge < -0.3 is 4.57 Å². The number of aromatic nitrogens is 1. The molecule has 2 aromatic carbocycles. The van der Waals surface area contributed by atoms with Crippen molar-refractivity contribution in [1.29, 1.82) is 0 Å². The molecule has 24 heavy (non-hydrogen) atoms. The van der Waals surface area contributed by atoms with E-state index >= 15 is 0 Å². The van der Waals surface area contributed by atoms with Crippen molar-refractivity contribution in [3.8, 4) is 12.3 Å². The van der Waals surface area contributed by atoms with Gasteiger partial charge >= 0.3 is 0 Å². The number of amides is 1. The number of rotatable bonds is 3. The minimum Gasteiger partial charge on any atom is -0.302 e. The fourth-order valence-electron chi connectivity index (χ4n) is 2.27. The Kier molecular flexibility index (Phi) is 4.69. The number of benzene rings is 2. The first-order chi connectivity index (χ1) is 11.7. The predicted molar refractivity (Wildman–Crippen MR) is 94.7 cm³/mol. The average molecular weight is 336 g/mol. The minimum absolute atomic E-state index is 0.148. The summed E-state index contributed by atoms with van der Waals surface area (Å²) in [7, 11) is 0. The maximum absolute atomic E-state index is 14.1. The molecule has 1 heterocycles. The van der Waals surface area contributed by atoms with Crippen LogP contribution in [-0.2, 0) is 11.3 Å². The van der Waals surface area contributed by atoms with Crippen LogP contribution in [0.4, 0.5) is 4.39 Å². The van der Waals surface area contributed by atoms with Gasteiger partial charge in [0.2, 0.25) is 0 Å².